The number of rotatable bonds is 9. The first-order valence-electron chi connectivity index (χ1n) is 7.08. The number of ether oxygens (including phenoxy) is 1. The molecule has 0 heterocycles. The summed E-state index contributed by atoms with van der Waals surface area (Å²) >= 11 is 0. The van der Waals surface area contributed by atoms with Gasteiger partial charge in [-0.15, -0.1) is 0 Å². The summed E-state index contributed by atoms with van der Waals surface area (Å²) in [6.07, 6.45) is 1.30. The van der Waals surface area contributed by atoms with Crippen LogP contribution in [0.4, 0.5) is 5.69 Å². The molecule has 0 bridgehead atoms. The van der Waals surface area contributed by atoms with Gasteiger partial charge >= 0.3 is 0 Å². The Morgan fingerprint density at radius 2 is 2.20 bits per heavy atom. The lowest BCUT2D eigenvalue weighted by molar-refractivity contribution is -0.122. The van der Waals surface area contributed by atoms with Gasteiger partial charge in [-0.1, -0.05) is 6.07 Å². The Kier molecular flexibility index (Phi) is 7.50. The zero-order chi connectivity index (χ0) is 14.8. The Labute approximate surface area is 120 Å². The van der Waals surface area contributed by atoms with Crippen molar-refractivity contribution in [2.75, 3.05) is 25.0 Å². The molecule has 1 aromatic rings. The van der Waals surface area contributed by atoms with Crippen LogP contribution < -0.4 is 21.1 Å². The van der Waals surface area contributed by atoms with E-state index in [9.17, 15) is 4.79 Å². The Morgan fingerprint density at radius 3 is 2.90 bits per heavy atom. The van der Waals surface area contributed by atoms with E-state index in [0.717, 1.165) is 24.4 Å². The predicted octanol–water partition coefficient (Wildman–Crippen LogP) is 1.74. The number of nitrogens with one attached hydrogen (secondary N) is 2. The molecule has 0 atom stereocenters. The first-order chi connectivity index (χ1) is 9.61. The van der Waals surface area contributed by atoms with E-state index in [-0.39, 0.29) is 11.9 Å². The molecule has 112 valence electrons. The van der Waals surface area contributed by atoms with Gasteiger partial charge in [-0.3, -0.25) is 4.79 Å². The molecular weight excluding hydrogens is 254 g/mol. The molecule has 4 N–H and O–H groups in total. The van der Waals surface area contributed by atoms with Crippen molar-refractivity contribution in [3.8, 4) is 5.75 Å². The molecule has 20 heavy (non-hydrogen) atoms. The van der Waals surface area contributed by atoms with Crippen molar-refractivity contribution in [3.05, 3.63) is 24.3 Å². The number of anilines is 1. The lowest BCUT2D eigenvalue weighted by Crippen LogP contribution is -2.31. The molecule has 0 fully saturated rings. The fourth-order valence-electron chi connectivity index (χ4n) is 1.69. The largest absolute Gasteiger partial charge is 0.493 e. The van der Waals surface area contributed by atoms with Gasteiger partial charge in [0.25, 0.3) is 0 Å². The monoisotopic (exact) mass is 279 g/mol. The molecule has 0 aliphatic carbocycles. The van der Waals surface area contributed by atoms with E-state index in [1.165, 1.54) is 0 Å². The Bertz CT molecular complexity index is 408. The lowest BCUT2D eigenvalue weighted by Gasteiger charge is -2.11. The number of hydrogen-bond acceptors (Lipinski definition) is 4. The molecule has 0 unspecified atom stereocenters. The summed E-state index contributed by atoms with van der Waals surface area (Å²) in [5, 5.41) is 6.10. The van der Waals surface area contributed by atoms with Gasteiger partial charge in [0, 0.05) is 24.3 Å². The average Bonchev–Trinajstić information content (AvgIpc) is 2.39. The number of benzene rings is 1. The van der Waals surface area contributed by atoms with E-state index >= 15 is 0 Å². The maximum Gasteiger partial charge on any atom is 0.223 e. The van der Waals surface area contributed by atoms with Gasteiger partial charge in [-0.2, -0.15) is 0 Å². The van der Waals surface area contributed by atoms with Crippen LogP contribution >= 0.6 is 0 Å². The third-order valence-corrected chi connectivity index (χ3v) is 2.59. The van der Waals surface area contributed by atoms with E-state index in [2.05, 4.69) is 10.6 Å². The third-order valence-electron chi connectivity index (χ3n) is 2.59. The van der Waals surface area contributed by atoms with Gasteiger partial charge in [0.1, 0.15) is 5.75 Å². The molecule has 5 heteroatoms. The van der Waals surface area contributed by atoms with Crippen LogP contribution in [0.5, 0.6) is 5.75 Å². The molecular formula is C15H25N3O2. The number of hydrogen-bond donors (Lipinski definition) is 3. The number of amides is 1. The van der Waals surface area contributed by atoms with Crippen LogP contribution in [0.25, 0.3) is 0 Å². The molecule has 0 radical (unpaired) electrons. The summed E-state index contributed by atoms with van der Waals surface area (Å²) in [4.78, 5) is 11.5. The average molecular weight is 279 g/mol. The summed E-state index contributed by atoms with van der Waals surface area (Å²) in [6.45, 7) is 5.78. The van der Waals surface area contributed by atoms with Crippen LogP contribution in [0.3, 0.4) is 0 Å². The summed E-state index contributed by atoms with van der Waals surface area (Å²) in [7, 11) is 0. The van der Waals surface area contributed by atoms with E-state index in [0.29, 0.717) is 19.6 Å². The van der Waals surface area contributed by atoms with Crippen molar-refractivity contribution >= 4 is 11.6 Å². The molecule has 1 amide bonds. The fourth-order valence-corrected chi connectivity index (χ4v) is 1.69. The minimum absolute atomic E-state index is 0.0113. The summed E-state index contributed by atoms with van der Waals surface area (Å²) in [6, 6.07) is 7.88. The minimum Gasteiger partial charge on any atom is -0.493 e. The van der Waals surface area contributed by atoms with Crippen LogP contribution in [0.2, 0.25) is 0 Å². The normalized spacial score (nSPS) is 10.4. The summed E-state index contributed by atoms with van der Waals surface area (Å²) < 4.78 is 5.58. The molecule has 0 aliphatic heterocycles. The second kappa shape index (κ2) is 9.20. The Balaban J connectivity index is 2.33. The number of nitrogens with two attached hydrogens (primary N) is 1. The molecule has 0 aliphatic rings. The quantitative estimate of drug-likeness (QED) is 0.602. The fraction of sp³-hybridized carbons (Fsp3) is 0.533. The second-order valence-corrected chi connectivity index (χ2v) is 4.92. The highest BCUT2D eigenvalue weighted by Crippen LogP contribution is 2.17. The minimum atomic E-state index is 0.0113. The van der Waals surface area contributed by atoms with Crippen LogP contribution in [-0.2, 0) is 4.79 Å². The van der Waals surface area contributed by atoms with E-state index in [1.807, 2.05) is 38.1 Å². The van der Waals surface area contributed by atoms with E-state index in [1.54, 1.807) is 0 Å². The highest BCUT2D eigenvalue weighted by Gasteiger charge is 2.03. The summed E-state index contributed by atoms with van der Waals surface area (Å²) in [5.74, 6) is 0.775. The lowest BCUT2D eigenvalue weighted by atomic mass is 10.3. The highest BCUT2D eigenvalue weighted by molar-refractivity contribution is 5.76. The first-order valence-corrected chi connectivity index (χ1v) is 7.08. The molecule has 1 aromatic carbocycles. The molecule has 5 nitrogen and oxygen atoms in total. The van der Waals surface area contributed by atoms with Crippen molar-refractivity contribution in [2.45, 2.75) is 32.7 Å². The maximum atomic E-state index is 11.5. The standard InChI is InChI=1S/C15H25N3O2/c1-12(2)18-15(19)7-10-20-14-6-3-5-13(11-14)17-9-4-8-16/h3,5-6,11-12,17H,4,7-10,16H2,1-2H3,(H,18,19). The van der Waals surface area contributed by atoms with Crippen molar-refractivity contribution in [1.82, 2.24) is 5.32 Å². The van der Waals surface area contributed by atoms with E-state index in [4.69, 9.17) is 10.5 Å². The third kappa shape index (κ3) is 6.99. The van der Waals surface area contributed by atoms with Crippen molar-refractivity contribution in [3.63, 3.8) is 0 Å². The topological polar surface area (TPSA) is 76.4 Å². The Hall–Kier alpha value is -1.75. The first kappa shape index (κ1) is 16.3. The second-order valence-electron chi connectivity index (χ2n) is 4.92. The molecule has 0 spiro atoms. The molecule has 0 saturated carbocycles. The van der Waals surface area contributed by atoms with Crippen molar-refractivity contribution in [1.29, 1.82) is 0 Å². The van der Waals surface area contributed by atoms with Crippen LogP contribution in [0.15, 0.2) is 24.3 Å². The van der Waals surface area contributed by atoms with Crippen LogP contribution in [0, 0.1) is 0 Å². The SMILES string of the molecule is CC(C)NC(=O)CCOc1cccc(NCCCN)c1. The maximum absolute atomic E-state index is 11.5. The van der Waals surface area contributed by atoms with Crippen molar-refractivity contribution in [2.24, 2.45) is 5.73 Å². The number of carbonyl (C=O) groups excluding carboxylic acids is 1. The van der Waals surface area contributed by atoms with Gasteiger partial charge in [-0.25, -0.2) is 0 Å². The van der Waals surface area contributed by atoms with Gasteiger partial charge in [-0.05, 0) is 38.9 Å². The van der Waals surface area contributed by atoms with E-state index < -0.39 is 0 Å². The smallest absolute Gasteiger partial charge is 0.223 e. The van der Waals surface area contributed by atoms with Crippen molar-refractivity contribution < 1.29 is 9.53 Å². The highest BCUT2D eigenvalue weighted by atomic mass is 16.5. The molecule has 0 aromatic heterocycles. The Morgan fingerprint density at radius 1 is 1.40 bits per heavy atom. The predicted molar refractivity (Wildman–Crippen MR) is 82.0 cm³/mol. The van der Waals surface area contributed by atoms with Gasteiger partial charge in [0.2, 0.25) is 5.91 Å². The van der Waals surface area contributed by atoms with Crippen LogP contribution in [-0.4, -0.2) is 31.6 Å². The van der Waals surface area contributed by atoms with Crippen LogP contribution in [0.1, 0.15) is 26.7 Å². The molecule has 0 saturated heterocycles. The summed E-state index contributed by atoms with van der Waals surface area (Å²) in [5.41, 5.74) is 6.45. The van der Waals surface area contributed by atoms with Gasteiger partial charge in [0.15, 0.2) is 0 Å². The van der Waals surface area contributed by atoms with Gasteiger partial charge < -0.3 is 21.1 Å². The molecule has 1 rings (SSSR count). The zero-order valence-corrected chi connectivity index (χ0v) is 12.3. The number of carbonyl (C=O) groups is 1. The zero-order valence-electron chi connectivity index (χ0n) is 12.3. The van der Waals surface area contributed by atoms with Gasteiger partial charge in [0.05, 0.1) is 13.0 Å².